The van der Waals surface area contributed by atoms with Crippen LogP contribution in [0.1, 0.15) is 48.9 Å². The summed E-state index contributed by atoms with van der Waals surface area (Å²) in [6, 6.07) is -0.150. The molecule has 8 nitrogen and oxygen atoms in total. The van der Waals surface area contributed by atoms with Crippen LogP contribution in [0.4, 0.5) is 14.6 Å². The van der Waals surface area contributed by atoms with Crippen molar-refractivity contribution in [3.8, 4) is 0 Å². The molecule has 184 valence electrons. The van der Waals surface area contributed by atoms with Gasteiger partial charge in [0.15, 0.2) is 17.5 Å². The first-order chi connectivity index (χ1) is 16.7. The molecule has 2 aromatic rings. The fraction of sp³-hybridized carbons (Fsp3) is 0.417. The molecule has 35 heavy (non-hydrogen) atoms. The molecule has 0 aromatic carbocycles. The van der Waals surface area contributed by atoms with Gasteiger partial charge in [0, 0.05) is 42.1 Å². The van der Waals surface area contributed by atoms with Crippen molar-refractivity contribution < 1.29 is 13.6 Å². The molecule has 0 radical (unpaired) electrons. The predicted octanol–water partition coefficient (Wildman–Crippen LogP) is 3.61. The number of nitrogens with one attached hydrogen (secondary N) is 3. The first-order valence-corrected chi connectivity index (χ1v) is 11.9. The van der Waals surface area contributed by atoms with Crippen molar-refractivity contribution in [2.45, 2.75) is 56.4 Å². The summed E-state index contributed by atoms with van der Waals surface area (Å²) in [4.78, 5) is 25.1. The largest absolute Gasteiger partial charge is 0.378 e. The van der Waals surface area contributed by atoms with Crippen LogP contribution in [0.5, 0.6) is 0 Å². The third-order valence-electron chi connectivity index (χ3n) is 6.78. The minimum absolute atomic E-state index is 0.0645. The van der Waals surface area contributed by atoms with Gasteiger partial charge in [-0.3, -0.25) is 4.79 Å². The number of amides is 1. The van der Waals surface area contributed by atoms with E-state index in [0.29, 0.717) is 28.3 Å². The van der Waals surface area contributed by atoms with E-state index in [1.54, 1.807) is 43.3 Å². The molecule has 1 amide bonds. The summed E-state index contributed by atoms with van der Waals surface area (Å²) in [5.41, 5.74) is 0.558. The molecule has 3 aliphatic rings. The zero-order valence-electron chi connectivity index (χ0n) is 19.4. The normalized spacial score (nSPS) is 27.8. The number of alkyl halides is 1. The summed E-state index contributed by atoms with van der Waals surface area (Å²) in [7, 11) is 1.80. The highest BCUT2D eigenvalue weighted by Crippen LogP contribution is 2.42. The van der Waals surface area contributed by atoms with Crippen molar-refractivity contribution >= 4 is 28.9 Å². The number of aromatic nitrogens is 4. The van der Waals surface area contributed by atoms with Gasteiger partial charge in [-0.1, -0.05) is 11.6 Å². The van der Waals surface area contributed by atoms with Crippen molar-refractivity contribution in [3.05, 3.63) is 65.0 Å². The van der Waals surface area contributed by atoms with E-state index in [0.717, 1.165) is 25.5 Å². The van der Waals surface area contributed by atoms with Gasteiger partial charge in [0.25, 0.3) is 5.91 Å². The molecule has 3 N–H and O–H groups in total. The lowest BCUT2D eigenvalue weighted by Gasteiger charge is -2.33. The number of halogens is 3. The number of carbonyl (C=O) groups is 1. The Kier molecular flexibility index (Phi) is 6.08. The van der Waals surface area contributed by atoms with Crippen LogP contribution in [-0.2, 0) is 7.05 Å². The van der Waals surface area contributed by atoms with Crippen LogP contribution in [0.2, 0.25) is 0 Å². The lowest BCUT2D eigenvalue weighted by Crippen LogP contribution is -2.46. The summed E-state index contributed by atoms with van der Waals surface area (Å²) in [5, 5.41) is 9.55. The van der Waals surface area contributed by atoms with Crippen LogP contribution in [0, 0.1) is 5.82 Å². The molecule has 2 aromatic heterocycles. The Bertz CT molecular complexity index is 1260. The molecule has 5 rings (SSSR count). The number of carbonyl (C=O) groups excluding carboxylic acids is 1. The van der Waals surface area contributed by atoms with E-state index < -0.39 is 17.5 Å². The van der Waals surface area contributed by atoms with E-state index >= 15 is 0 Å². The molecular formula is C24H26ClF2N7O. The van der Waals surface area contributed by atoms with Gasteiger partial charge in [-0.05, 0) is 50.3 Å². The molecule has 1 aliphatic heterocycles. The second kappa shape index (κ2) is 9.07. The van der Waals surface area contributed by atoms with Crippen molar-refractivity contribution in [2.24, 2.45) is 7.05 Å². The number of fused-ring (bicyclic) bond motifs is 1. The summed E-state index contributed by atoms with van der Waals surface area (Å²) < 4.78 is 31.1. The summed E-state index contributed by atoms with van der Waals surface area (Å²) in [6.45, 7) is 1.73. The molecule has 0 bridgehead atoms. The zero-order valence-corrected chi connectivity index (χ0v) is 20.1. The standard InChI is InChI=1S/C24H26ClF2N7O/c1-24-17(6-13(25)7-20(24)27)16(9-30-24)21-28-10-18(26)22(33-21)31-14-4-3-5-15(8-14)32-23(35)19-11-34(2)12-29-19/h6-7,9-12,14-15,20,30H,3-5,8H2,1-2H3,(H,32,35)(H,28,31,33)/t14-,15+,20?,24?/m0/s1. The Labute approximate surface area is 206 Å². The highest BCUT2D eigenvalue weighted by Gasteiger charge is 2.45. The SMILES string of the molecule is Cn1cnc(C(=O)N[C@@H]2CCC[C@H](Nc3nc(C4=CNC5(C)C4=CC(Cl)=CC5F)ncc3F)C2)c1. The number of hydrogen-bond acceptors (Lipinski definition) is 6. The average Bonchev–Trinajstić information content (AvgIpc) is 3.40. The quantitative estimate of drug-likeness (QED) is 0.579. The Morgan fingerprint density at radius 2 is 2.11 bits per heavy atom. The molecule has 0 saturated heterocycles. The number of imidazole rings is 1. The minimum Gasteiger partial charge on any atom is -0.378 e. The van der Waals surface area contributed by atoms with Gasteiger partial charge in [-0.2, -0.15) is 0 Å². The summed E-state index contributed by atoms with van der Waals surface area (Å²) in [5.74, 6) is -0.469. The highest BCUT2D eigenvalue weighted by atomic mass is 35.5. The summed E-state index contributed by atoms with van der Waals surface area (Å²) >= 11 is 6.11. The van der Waals surface area contributed by atoms with Crippen LogP contribution < -0.4 is 16.0 Å². The van der Waals surface area contributed by atoms with E-state index in [2.05, 4.69) is 30.9 Å². The van der Waals surface area contributed by atoms with E-state index in [4.69, 9.17) is 11.6 Å². The van der Waals surface area contributed by atoms with E-state index in [9.17, 15) is 13.6 Å². The Morgan fingerprint density at radius 1 is 1.31 bits per heavy atom. The summed E-state index contributed by atoms with van der Waals surface area (Å²) in [6.07, 6.45) is 10.8. The van der Waals surface area contributed by atoms with Gasteiger partial charge in [0.05, 0.1) is 18.1 Å². The first-order valence-electron chi connectivity index (χ1n) is 11.5. The van der Waals surface area contributed by atoms with Gasteiger partial charge in [-0.25, -0.2) is 23.7 Å². The van der Waals surface area contributed by atoms with E-state index in [-0.39, 0.29) is 29.6 Å². The van der Waals surface area contributed by atoms with Crippen LogP contribution in [0.15, 0.2) is 47.7 Å². The molecule has 4 atom stereocenters. The maximum absolute atomic E-state index is 14.7. The van der Waals surface area contributed by atoms with Crippen LogP contribution in [0.3, 0.4) is 0 Å². The van der Waals surface area contributed by atoms with Crippen molar-refractivity contribution in [2.75, 3.05) is 5.32 Å². The number of aryl methyl sites for hydroxylation is 1. The number of allylic oxidation sites excluding steroid dienone is 2. The maximum atomic E-state index is 14.7. The molecule has 11 heteroatoms. The molecule has 1 fully saturated rings. The van der Waals surface area contributed by atoms with Gasteiger partial charge in [0.2, 0.25) is 0 Å². The Hall–Kier alpha value is -3.27. The lowest BCUT2D eigenvalue weighted by atomic mass is 9.82. The Balaban J connectivity index is 1.30. The number of nitrogens with zero attached hydrogens (tertiary/aromatic N) is 4. The number of rotatable bonds is 5. The fourth-order valence-corrected chi connectivity index (χ4v) is 5.04. The third kappa shape index (κ3) is 4.54. The topological polar surface area (TPSA) is 96.8 Å². The highest BCUT2D eigenvalue weighted by molar-refractivity contribution is 6.31. The molecule has 2 unspecified atom stereocenters. The maximum Gasteiger partial charge on any atom is 0.271 e. The first kappa shape index (κ1) is 23.5. The van der Waals surface area contributed by atoms with Crippen LogP contribution in [0.25, 0.3) is 5.57 Å². The fourth-order valence-electron chi connectivity index (χ4n) is 4.82. The number of anilines is 1. The molecule has 1 saturated carbocycles. The molecule has 0 spiro atoms. The van der Waals surface area contributed by atoms with Crippen molar-refractivity contribution in [3.63, 3.8) is 0 Å². The third-order valence-corrected chi connectivity index (χ3v) is 7.01. The van der Waals surface area contributed by atoms with Gasteiger partial charge < -0.3 is 20.5 Å². The van der Waals surface area contributed by atoms with E-state index in [1.807, 2.05) is 0 Å². The molecule has 2 aliphatic carbocycles. The van der Waals surface area contributed by atoms with E-state index in [1.165, 1.54) is 6.08 Å². The zero-order chi connectivity index (χ0) is 24.7. The van der Waals surface area contributed by atoms with Crippen molar-refractivity contribution in [1.29, 1.82) is 0 Å². The molecular weight excluding hydrogens is 476 g/mol. The van der Waals surface area contributed by atoms with Gasteiger partial charge in [-0.15, -0.1) is 0 Å². The van der Waals surface area contributed by atoms with Crippen LogP contribution in [-0.4, -0.2) is 49.2 Å². The second-order valence-corrected chi connectivity index (χ2v) is 9.85. The van der Waals surface area contributed by atoms with Crippen molar-refractivity contribution in [1.82, 2.24) is 30.2 Å². The predicted molar refractivity (Wildman–Crippen MR) is 129 cm³/mol. The Morgan fingerprint density at radius 3 is 2.89 bits per heavy atom. The smallest absolute Gasteiger partial charge is 0.271 e. The molecule has 3 heterocycles. The average molecular weight is 502 g/mol. The monoisotopic (exact) mass is 501 g/mol. The second-order valence-electron chi connectivity index (χ2n) is 9.41. The lowest BCUT2D eigenvalue weighted by molar-refractivity contribution is 0.0921. The van der Waals surface area contributed by atoms with Gasteiger partial charge >= 0.3 is 0 Å². The van der Waals surface area contributed by atoms with Crippen LogP contribution >= 0.6 is 11.6 Å². The number of hydrogen-bond donors (Lipinski definition) is 3. The minimum atomic E-state index is -1.33. The van der Waals surface area contributed by atoms with Gasteiger partial charge in [0.1, 0.15) is 11.9 Å².